The van der Waals surface area contributed by atoms with Crippen LogP contribution in [0.2, 0.25) is 10.0 Å². The van der Waals surface area contributed by atoms with Crippen LogP contribution in [-0.4, -0.2) is 24.1 Å². The molecule has 2 N–H and O–H groups in total. The maximum atomic E-state index is 12.0. The molecule has 0 aromatic heterocycles. The first kappa shape index (κ1) is 20.6. The van der Waals surface area contributed by atoms with Crippen molar-refractivity contribution in [1.29, 1.82) is 0 Å². The van der Waals surface area contributed by atoms with Gasteiger partial charge < -0.3 is 15.4 Å². The molecule has 0 saturated carbocycles. The number of nitrogens with one attached hydrogen (secondary N) is 2. The zero-order chi connectivity index (χ0) is 18.3. The fraction of sp³-hybridized carbons (Fsp3) is 0.529. The van der Waals surface area contributed by atoms with E-state index in [0.29, 0.717) is 29.4 Å². The van der Waals surface area contributed by atoms with Crippen molar-refractivity contribution in [3.05, 3.63) is 33.8 Å². The van der Waals surface area contributed by atoms with Crippen LogP contribution in [0, 0.1) is 0 Å². The lowest BCUT2D eigenvalue weighted by atomic mass is 10.1. The van der Waals surface area contributed by atoms with Crippen molar-refractivity contribution < 1.29 is 14.3 Å². The average Bonchev–Trinajstić information content (AvgIpc) is 2.41. The van der Waals surface area contributed by atoms with Crippen LogP contribution in [0.4, 0.5) is 4.79 Å². The van der Waals surface area contributed by atoms with Gasteiger partial charge in [-0.3, -0.25) is 4.79 Å². The number of hydrogen-bond donors (Lipinski definition) is 2. The van der Waals surface area contributed by atoms with E-state index in [1.807, 2.05) is 6.92 Å². The lowest BCUT2D eigenvalue weighted by molar-refractivity contribution is -0.121. The molecule has 0 unspecified atom stereocenters. The molecule has 1 aromatic carbocycles. The Hall–Kier alpha value is -1.46. The molecule has 1 rings (SSSR count). The lowest BCUT2D eigenvalue weighted by Crippen LogP contribution is -2.33. The van der Waals surface area contributed by atoms with E-state index < -0.39 is 11.7 Å². The van der Waals surface area contributed by atoms with Crippen molar-refractivity contribution in [1.82, 2.24) is 10.6 Å². The molecule has 0 radical (unpaired) electrons. The molecule has 1 aromatic rings. The SMILES string of the molecule is C[C@H](NC(=O)CCCNC(=O)OC(C)(C)C)c1ccc(Cl)cc1Cl. The molecule has 0 heterocycles. The van der Waals surface area contributed by atoms with Gasteiger partial charge in [0, 0.05) is 23.0 Å². The highest BCUT2D eigenvalue weighted by molar-refractivity contribution is 6.35. The van der Waals surface area contributed by atoms with Crippen molar-refractivity contribution in [2.45, 2.75) is 52.2 Å². The summed E-state index contributed by atoms with van der Waals surface area (Å²) in [6.45, 7) is 7.61. The molecule has 2 amide bonds. The fourth-order valence-corrected chi connectivity index (χ4v) is 2.57. The van der Waals surface area contributed by atoms with Gasteiger partial charge in [-0.1, -0.05) is 29.3 Å². The fourth-order valence-electron chi connectivity index (χ4n) is 2.00. The number of hydrogen-bond acceptors (Lipinski definition) is 3. The first-order valence-corrected chi connectivity index (χ1v) is 8.55. The Labute approximate surface area is 153 Å². The standard InChI is InChI=1S/C17H24Cl2N2O3/c1-11(13-8-7-12(18)10-14(13)19)21-15(22)6-5-9-20-16(23)24-17(2,3)4/h7-8,10-11H,5-6,9H2,1-4H3,(H,20,23)(H,21,22)/t11-/m0/s1. The average molecular weight is 375 g/mol. The smallest absolute Gasteiger partial charge is 0.407 e. The Kier molecular flexibility index (Phi) is 7.84. The summed E-state index contributed by atoms with van der Waals surface area (Å²) in [6.07, 6.45) is 0.335. The Morgan fingerprint density at radius 2 is 1.92 bits per heavy atom. The van der Waals surface area contributed by atoms with Crippen LogP contribution in [0.5, 0.6) is 0 Å². The minimum atomic E-state index is -0.533. The van der Waals surface area contributed by atoms with Gasteiger partial charge in [0.1, 0.15) is 5.60 Å². The maximum Gasteiger partial charge on any atom is 0.407 e. The lowest BCUT2D eigenvalue weighted by Gasteiger charge is -2.19. The van der Waals surface area contributed by atoms with Crippen LogP contribution in [0.15, 0.2) is 18.2 Å². The van der Waals surface area contributed by atoms with E-state index in [4.69, 9.17) is 27.9 Å². The van der Waals surface area contributed by atoms with Crippen molar-refractivity contribution in [2.24, 2.45) is 0 Å². The van der Waals surface area contributed by atoms with Crippen LogP contribution < -0.4 is 10.6 Å². The molecule has 134 valence electrons. The number of carbonyl (C=O) groups is 2. The predicted octanol–water partition coefficient (Wildman–Crippen LogP) is 4.48. The van der Waals surface area contributed by atoms with Gasteiger partial charge in [-0.15, -0.1) is 0 Å². The zero-order valence-electron chi connectivity index (χ0n) is 14.4. The molecule has 24 heavy (non-hydrogen) atoms. The highest BCUT2D eigenvalue weighted by Crippen LogP contribution is 2.26. The summed E-state index contributed by atoms with van der Waals surface area (Å²) in [5.74, 6) is -0.112. The van der Waals surface area contributed by atoms with Crippen LogP contribution in [0.3, 0.4) is 0 Å². The highest BCUT2D eigenvalue weighted by Gasteiger charge is 2.16. The summed E-state index contributed by atoms with van der Waals surface area (Å²) < 4.78 is 5.11. The van der Waals surface area contributed by atoms with Crippen LogP contribution in [0.1, 0.15) is 52.1 Å². The highest BCUT2D eigenvalue weighted by atomic mass is 35.5. The van der Waals surface area contributed by atoms with Gasteiger partial charge >= 0.3 is 6.09 Å². The number of halogens is 2. The Morgan fingerprint density at radius 1 is 1.25 bits per heavy atom. The van der Waals surface area contributed by atoms with E-state index in [-0.39, 0.29) is 11.9 Å². The maximum absolute atomic E-state index is 12.0. The monoisotopic (exact) mass is 374 g/mol. The molecule has 0 fully saturated rings. The van der Waals surface area contributed by atoms with Crippen molar-refractivity contribution in [3.63, 3.8) is 0 Å². The molecule has 0 spiro atoms. The quantitative estimate of drug-likeness (QED) is 0.721. The summed E-state index contributed by atoms with van der Waals surface area (Å²) in [5, 5.41) is 6.56. The summed E-state index contributed by atoms with van der Waals surface area (Å²) in [7, 11) is 0. The minimum absolute atomic E-state index is 0.112. The molecular weight excluding hydrogens is 351 g/mol. The van der Waals surface area contributed by atoms with Gasteiger partial charge in [-0.25, -0.2) is 4.79 Å². The largest absolute Gasteiger partial charge is 0.444 e. The van der Waals surface area contributed by atoms with Gasteiger partial charge in [-0.05, 0) is 51.8 Å². The van der Waals surface area contributed by atoms with Gasteiger partial charge in [-0.2, -0.15) is 0 Å². The molecule has 1 atom stereocenters. The third kappa shape index (κ3) is 7.88. The normalized spacial score (nSPS) is 12.4. The molecule has 0 aliphatic rings. The molecule has 5 nitrogen and oxygen atoms in total. The van der Waals surface area contributed by atoms with E-state index in [1.165, 1.54) is 0 Å². The second kappa shape index (κ2) is 9.14. The number of amides is 2. The number of carbonyl (C=O) groups excluding carboxylic acids is 2. The van der Waals surface area contributed by atoms with Crippen LogP contribution in [0.25, 0.3) is 0 Å². The Balaban J connectivity index is 2.32. The number of benzene rings is 1. The van der Waals surface area contributed by atoms with Crippen molar-refractivity contribution in [3.8, 4) is 0 Å². The first-order valence-electron chi connectivity index (χ1n) is 7.79. The molecule has 0 saturated heterocycles. The third-order valence-electron chi connectivity index (χ3n) is 3.06. The summed E-state index contributed by atoms with van der Waals surface area (Å²) in [4.78, 5) is 23.4. The second-order valence-corrected chi connectivity index (χ2v) is 7.33. The molecule has 0 aliphatic heterocycles. The van der Waals surface area contributed by atoms with Gasteiger partial charge in [0.2, 0.25) is 5.91 Å². The molecule has 0 aliphatic carbocycles. The van der Waals surface area contributed by atoms with E-state index in [1.54, 1.807) is 39.0 Å². The van der Waals surface area contributed by atoms with Gasteiger partial charge in [0.05, 0.1) is 6.04 Å². The zero-order valence-corrected chi connectivity index (χ0v) is 15.9. The molecule has 0 bridgehead atoms. The van der Waals surface area contributed by atoms with Gasteiger partial charge in [0.25, 0.3) is 0 Å². The minimum Gasteiger partial charge on any atom is -0.444 e. The Morgan fingerprint density at radius 3 is 2.50 bits per heavy atom. The van der Waals surface area contributed by atoms with E-state index in [2.05, 4.69) is 10.6 Å². The van der Waals surface area contributed by atoms with E-state index in [9.17, 15) is 9.59 Å². The summed E-state index contributed by atoms with van der Waals surface area (Å²) in [6, 6.07) is 4.95. The van der Waals surface area contributed by atoms with Gasteiger partial charge in [0.15, 0.2) is 0 Å². The second-order valence-electron chi connectivity index (χ2n) is 6.49. The topological polar surface area (TPSA) is 67.4 Å². The van der Waals surface area contributed by atoms with Crippen molar-refractivity contribution in [2.75, 3.05) is 6.54 Å². The van der Waals surface area contributed by atoms with Crippen LogP contribution >= 0.6 is 23.2 Å². The number of ether oxygens (including phenoxy) is 1. The van der Waals surface area contributed by atoms with E-state index >= 15 is 0 Å². The molecule has 7 heteroatoms. The third-order valence-corrected chi connectivity index (χ3v) is 3.62. The molecular formula is C17H24Cl2N2O3. The predicted molar refractivity (Wildman–Crippen MR) is 96.5 cm³/mol. The number of alkyl carbamates (subject to hydrolysis) is 1. The first-order chi connectivity index (χ1) is 11.1. The van der Waals surface area contributed by atoms with Crippen molar-refractivity contribution >= 4 is 35.2 Å². The summed E-state index contributed by atoms with van der Waals surface area (Å²) >= 11 is 12.0. The summed E-state index contributed by atoms with van der Waals surface area (Å²) in [5.41, 5.74) is 0.274. The Bertz CT molecular complexity index is 586. The van der Waals surface area contributed by atoms with Crippen LogP contribution in [-0.2, 0) is 9.53 Å². The number of rotatable bonds is 6. The van der Waals surface area contributed by atoms with E-state index in [0.717, 1.165) is 5.56 Å².